The highest BCUT2D eigenvalue weighted by Crippen LogP contribution is 2.28. The first-order valence-corrected chi connectivity index (χ1v) is 4.96. The molecule has 74 valence electrons. The van der Waals surface area contributed by atoms with E-state index in [1.165, 1.54) is 0 Å². The zero-order chi connectivity index (χ0) is 10.7. The number of hydrogen-bond acceptors (Lipinski definition) is 2. The highest BCUT2D eigenvalue weighted by Gasteiger charge is 2.03. The first-order valence-electron chi connectivity index (χ1n) is 4.17. The SMILES string of the molecule is C/C(C=O)=C/c1cc(Br)cc(C)c1O. The molecule has 0 atom stereocenters. The van der Waals surface area contributed by atoms with E-state index in [1.807, 2.05) is 13.0 Å². The third-order valence-electron chi connectivity index (χ3n) is 1.86. The Balaban J connectivity index is 3.27. The van der Waals surface area contributed by atoms with E-state index in [9.17, 15) is 9.90 Å². The van der Waals surface area contributed by atoms with Crippen LogP contribution in [0.3, 0.4) is 0 Å². The molecule has 0 amide bonds. The Morgan fingerprint density at radius 3 is 2.71 bits per heavy atom. The summed E-state index contributed by atoms with van der Waals surface area (Å²) in [4.78, 5) is 10.4. The maximum Gasteiger partial charge on any atom is 0.145 e. The summed E-state index contributed by atoms with van der Waals surface area (Å²) in [6.07, 6.45) is 2.41. The number of carbonyl (C=O) groups is 1. The first-order chi connectivity index (χ1) is 6.54. The monoisotopic (exact) mass is 254 g/mol. The summed E-state index contributed by atoms with van der Waals surface area (Å²) in [6, 6.07) is 3.60. The lowest BCUT2D eigenvalue weighted by atomic mass is 10.1. The summed E-state index contributed by atoms with van der Waals surface area (Å²) in [5.41, 5.74) is 2.02. The van der Waals surface area contributed by atoms with Crippen molar-refractivity contribution >= 4 is 28.3 Å². The molecule has 1 aromatic rings. The lowest BCUT2D eigenvalue weighted by Crippen LogP contribution is -1.83. The minimum Gasteiger partial charge on any atom is -0.507 e. The van der Waals surface area contributed by atoms with Crippen molar-refractivity contribution in [1.29, 1.82) is 0 Å². The summed E-state index contributed by atoms with van der Waals surface area (Å²) in [5.74, 6) is 0.217. The number of carbonyl (C=O) groups excluding carboxylic acids is 1. The van der Waals surface area contributed by atoms with Gasteiger partial charge in [-0.2, -0.15) is 0 Å². The van der Waals surface area contributed by atoms with Crippen molar-refractivity contribution in [2.75, 3.05) is 0 Å². The molecule has 0 spiro atoms. The number of aldehydes is 1. The van der Waals surface area contributed by atoms with Crippen LogP contribution >= 0.6 is 15.9 Å². The van der Waals surface area contributed by atoms with Gasteiger partial charge < -0.3 is 5.11 Å². The summed E-state index contributed by atoms with van der Waals surface area (Å²) in [7, 11) is 0. The molecule has 0 aliphatic heterocycles. The first kappa shape index (κ1) is 11.0. The summed E-state index contributed by atoms with van der Waals surface area (Å²) in [5, 5.41) is 9.69. The van der Waals surface area contributed by atoms with Crippen molar-refractivity contribution in [3.05, 3.63) is 33.3 Å². The minimum atomic E-state index is 0.217. The Bertz CT molecular complexity index is 395. The fraction of sp³-hybridized carbons (Fsp3) is 0.182. The number of hydrogen-bond donors (Lipinski definition) is 1. The summed E-state index contributed by atoms with van der Waals surface area (Å²) in [6.45, 7) is 3.51. The van der Waals surface area contributed by atoms with Crippen molar-refractivity contribution in [3.8, 4) is 5.75 Å². The Kier molecular flexibility index (Phi) is 3.47. The van der Waals surface area contributed by atoms with E-state index in [1.54, 1.807) is 19.1 Å². The fourth-order valence-corrected chi connectivity index (χ4v) is 1.74. The Hall–Kier alpha value is -1.09. The van der Waals surface area contributed by atoms with Crippen LogP contribution in [-0.2, 0) is 4.79 Å². The third-order valence-corrected chi connectivity index (χ3v) is 2.32. The molecule has 14 heavy (non-hydrogen) atoms. The number of aryl methyl sites for hydroxylation is 1. The van der Waals surface area contributed by atoms with Crippen molar-refractivity contribution in [3.63, 3.8) is 0 Å². The van der Waals surface area contributed by atoms with E-state index in [0.717, 1.165) is 16.3 Å². The van der Waals surface area contributed by atoms with Crippen LogP contribution in [0, 0.1) is 6.92 Å². The quantitative estimate of drug-likeness (QED) is 0.651. The van der Waals surface area contributed by atoms with Crippen LogP contribution in [0.5, 0.6) is 5.75 Å². The van der Waals surface area contributed by atoms with Crippen LogP contribution in [-0.4, -0.2) is 11.4 Å². The van der Waals surface area contributed by atoms with Gasteiger partial charge in [0.25, 0.3) is 0 Å². The molecule has 0 aliphatic rings. The van der Waals surface area contributed by atoms with E-state index in [4.69, 9.17) is 0 Å². The molecular formula is C11H11BrO2. The van der Waals surface area contributed by atoms with E-state index in [0.29, 0.717) is 11.1 Å². The topological polar surface area (TPSA) is 37.3 Å². The van der Waals surface area contributed by atoms with Crippen LogP contribution in [0.25, 0.3) is 6.08 Å². The van der Waals surface area contributed by atoms with Crippen LogP contribution < -0.4 is 0 Å². The molecule has 0 aromatic heterocycles. The molecule has 1 rings (SSSR count). The van der Waals surface area contributed by atoms with Gasteiger partial charge in [-0.15, -0.1) is 0 Å². The van der Waals surface area contributed by atoms with Gasteiger partial charge in [0.05, 0.1) is 0 Å². The van der Waals surface area contributed by atoms with Gasteiger partial charge in [0.15, 0.2) is 0 Å². The Morgan fingerprint density at radius 2 is 2.14 bits per heavy atom. The van der Waals surface area contributed by atoms with E-state index in [-0.39, 0.29) is 5.75 Å². The van der Waals surface area contributed by atoms with Crippen molar-refractivity contribution in [1.82, 2.24) is 0 Å². The van der Waals surface area contributed by atoms with E-state index in [2.05, 4.69) is 15.9 Å². The van der Waals surface area contributed by atoms with Gasteiger partial charge in [-0.05, 0) is 43.2 Å². The number of phenolic OH excluding ortho intramolecular Hbond substituents is 1. The van der Waals surface area contributed by atoms with Gasteiger partial charge in [-0.25, -0.2) is 0 Å². The highest BCUT2D eigenvalue weighted by atomic mass is 79.9. The second-order valence-electron chi connectivity index (χ2n) is 3.17. The smallest absolute Gasteiger partial charge is 0.145 e. The predicted molar refractivity (Wildman–Crippen MR) is 60.3 cm³/mol. The standard InChI is InChI=1S/C11H11BrO2/c1-7(6-13)3-9-5-10(12)4-8(2)11(9)14/h3-6,14H,1-2H3/b7-3-. The molecule has 0 radical (unpaired) electrons. The van der Waals surface area contributed by atoms with Crippen LogP contribution in [0.2, 0.25) is 0 Å². The van der Waals surface area contributed by atoms with Crippen LogP contribution in [0.1, 0.15) is 18.1 Å². The lowest BCUT2D eigenvalue weighted by Gasteiger charge is -2.04. The molecule has 0 unspecified atom stereocenters. The largest absolute Gasteiger partial charge is 0.507 e. The molecule has 0 heterocycles. The number of rotatable bonds is 2. The Labute approximate surface area is 91.4 Å². The van der Waals surface area contributed by atoms with E-state index < -0.39 is 0 Å². The molecule has 0 fully saturated rings. The number of aromatic hydroxyl groups is 1. The van der Waals surface area contributed by atoms with Crippen molar-refractivity contribution in [2.24, 2.45) is 0 Å². The molecule has 0 bridgehead atoms. The zero-order valence-electron chi connectivity index (χ0n) is 8.04. The second kappa shape index (κ2) is 4.42. The van der Waals surface area contributed by atoms with E-state index >= 15 is 0 Å². The Morgan fingerprint density at radius 1 is 1.50 bits per heavy atom. The van der Waals surface area contributed by atoms with Gasteiger partial charge in [-0.1, -0.05) is 15.9 Å². The third kappa shape index (κ3) is 2.45. The number of allylic oxidation sites excluding steroid dienone is 1. The average Bonchev–Trinajstić information content (AvgIpc) is 2.13. The molecular weight excluding hydrogens is 244 g/mol. The lowest BCUT2D eigenvalue weighted by molar-refractivity contribution is -0.104. The van der Waals surface area contributed by atoms with Gasteiger partial charge in [-0.3, -0.25) is 4.79 Å². The number of halogens is 1. The minimum absolute atomic E-state index is 0.217. The highest BCUT2D eigenvalue weighted by molar-refractivity contribution is 9.10. The normalized spacial score (nSPS) is 11.5. The molecule has 3 heteroatoms. The predicted octanol–water partition coefficient (Wildman–Crippen LogP) is 3.07. The fourth-order valence-electron chi connectivity index (χ4n) is 1.15. The zero-order valence-corrected chi connectivity index (χ0v) is 9.63. The van der Waals surface area contributed by atoms with Crippen LogP contribution in [0.4, 0.5) is 0 Å². The van der Waals surface area contributed by atoms with Crippen molar-refractivity contribution in [2.45, 2.75) is 13.8 Å². The van der Waals surface area contributed by atoms with Crippen molar-refractivity contribution < 1.29 is 9.90 Å². The molecule has 1 aromatic carbocycles. The summed E-state index contributed by atoms with van der Waals surface area (Å²) < 4.78 is 0.887. The molecule has 0 saturated heterocycles. The maximum atomic E-state index is 10.4. The molecule has 2 nitrogen and oxygen atoms in total. The second-order valence-corrected chi connectivity index (χ2v) is 4.08. The number of phenols is 1. The van der Waals surface area contributed by atoms with Gasteiger partial charge in [0.2, 0.25) is 0 Å². The number of benzene rings is 1. The summed E-state index contributed by atoms with van der Waals surface area (Å²) >= 11 is 3.33. The van der Waals surface area contributed by atoms with Crippen LogP contribution in [0.15, 0.2) is 22.2 Å². The molecule has 1 N–H and O–H groups in total. The maximum absolute atomic E-state index is 10.4. The van der Waals surface area contributed by atoms with Gasteiger partial charge >= 0.3 is 0 Å². The molecule has 0 saturated carbocycles. The molecule has 0 aliphatic carbocycles. The van der Waals surface area contributed by atoms with Gasteiger partial charge in [0, 0.05) is 10.0 Å². The average molecular weight is 255 g/mol. The van der Waals surface area contributed by atoms with Gasteiger partial charge in [0.1, 0.15) is 12.0 Å².